The predicted molar refractivity (Wildman–Crippen MR) is 101 cm³/mol. The van der Waals surface area contributed by atoms with E-state index in [1.165, 1.54) is 4.90 Å². The lowest BCUT2D eigenvalue weighted by atomic mass is 10.0. The molecule has 0 radical (unpaired) electrons. The number of anilines is 1. The average Bonchev–Trinajstić information content (AvgIpc) is 3.25. The van der Waals surface area contributed by atoms with Crippen molar-refractivity contribution >= 4 is 39.5 Å². The lowest BCUT2D eigenvalue weighted by Gasteiger charge is -2.35. The number of carbonyl (C=O) groups excluding carboxylic acids is 3. The van der Waals surface area contributed by atoms with Crippen molar-refractivity contribution in [1.29, 1.82) is 0 Å². The summed E-state index contributed by atoms with van der Waals surface area (Å²) in [6, 6.07) is 11.9. The Morgan fingerprint density at radius 1 is 1.04 bits per heavy atom. The van der Waals surface area contributed by atoms with Gasteiger partial charge in [0, 0.05) is 19.1 Å². The van der Waals surface area contributed by atoms with Crippen LogP contribution in [-0.2, 0) is 4.79 Å². The summed E-state index contributed by atoms with van der Waals surface area (Å²) < 4.78 is 5.85. The molecule has 3 heterocycles. The van der Waals surface area contributed by atoms with Crippen molar-refractivity contribution in [3.8, 4) is 0 Å². The van der Waals surface area contributed by atoms with Crippen LogP contribution in [0.3, 0.4) is 0 Å². The van der Waals surface area contributed by atoms with Crippen molar-refractivity contribution in [1.82, 2.24) is 9.80 Å². The molecular formula is C19H18BrN3O4. The van der Waals surface area contributed by atoms with E-state index in [0.717, 1.165) is 0 Å². The topological polar surface area (TPSA) is 74.1 Å². The number of nitrogens with zero attached hydrogens (tertiary/aromatic N) is 3. The number of carbonyl (C=O) groups is 3. The monoisotopic (exact) mass is 431 g/mol. The molecule has 2 saturated heterocycles. The lowest BCUT2D eigenvalue weighted by molar-refractivity contribution is -0.116. The highest BCUT2D eigenvalue weighted by molar-refractivity contribution is 9.10. The number of likely N-dealkylation sites (tertiary alicyclic amines) is 1. The van der Waals surface area contributed by atoms with Crippen molar-refractivity contribution in [2.24, 2.45) is 0 Å². The Balaban J connectivity index is 1.41. The highest BCUT2D eigenvalue weighted by Gasteiger charge is 2.41. The van der Waals surface area contributed by atoms with Gasteiger partial charge in [0.1, 0.15) is 6.54 Å². The molecule has 7 nitrogen and oxygen atoms in total. The highest BCUT2D eigenvalue weighted by atomic mass is 79.9. The van der Waals surface area contributed by atoms with Crippen LogP contribution < -0.4 is 4.90 Å². The quantitative estimate of drug-likeness (QED) is 0.699. The molecule has 27 heavy (non-hydrogen) atoms. The highest BCUT2D eigenvalue weighted by Crippen LogP contribution is 2.27. The Labute approximate surface area is 164 Å². The van der Waals surface area contributed by atoms with E-state index in [2.05, 4.69) is 15.9 Å². The Bertz CT molecular complexity index is 874. The molecule has 2 aliphatic heterocycles. The van der Waals surface area contributed by atoms with Crippen LogP contribution in [0.15, 0.2) is 51.6 Å². The van der Waals surface area contributed by atoms with Gasteiger partial charge >= 0.3 is 6.03 Å². The number of furan rings is 1. The third-order valence-corrected chi connectivity index (χ3v) is 5.41. The number of rotatable bonds is 3. The molecule has 4 amide bonds. The van der Waals surface area contributed by atoms with E-state index in [0.29, 0.717) is 42.0 Å². The Kier molecular flexibility index (Phi) is 4.73. The third kappa shape index (κ3) is 3.37. The number of hydrogen-bond acceptors (Lipinski definition) is 4. The number of hydrogen-bond donors (Lipinski definition) is 0. The van der Waals surface area contributed by atoms with Gasteiger partial charge in [0.2, 0.25) is 0 Å². The summed E-state index contributed by atoms with van der Waals surface area (Å²) in [5, 5.41) is 0. The van der Waals surface area contributed by atoms with E-state index in [-0.39, 0.29) is 30.4 Å². The van der Waals surface area contributed by atoms with Crippen LogP contribution >= 0.6 is 15.9 Å². The first kappa shape index (κ1) is 17.8. The molecule has 2 aliphatic rings. The minimum Gasteiger partial charge on any atom is -0.444 e. The van der Waals surface area contributed by atoms with Crippen LogP contribution in [0, 0.1) is 0 Å². The van der Waals surface area contributed by atoms with Crippen LogP contribution in [0.4, 0.5) is 10.5 Å². The summed E-state index contributed by atoms with van der Waals surface area (Å²) in [7, 11) is 0. The van der Waals surface area contributed by atoms with Gasteiger partial charge in [-0.25, -0.2) is 9.69 Å². The number of amides is 4. The van der Waals surface area contributed by atoms with Gasteiger partial charge in [0.25, 0.3) is 11.8 Å². The summed E-state index contributed by atoms with van der Waals surface area (Å²) in [5.41, 5.74) is 0.589. The smallest absolute Gasteiger partial charge is 0.332 e. The van der Waals surface area contributed by atoms with Crippen molar-refractivity contribution in [3.05, 3.63) is 52.9 Å². The Morgan fingerprint density at radius 2 is 1.74 bits per heavy atom. The van der Waals surface area contributed by atoms with Crippen LogP contribution in [0.25, 0.3) is 0 Å². The van der Waals surface area contributed by atoms with Crippen molar-refractivity contribution in [2.45, 2.75) is 18.9 Å². The van der Waals surface area contributed by atoms with Gasteiger partial charge in [0.05, 0.1) is 5.69 Å². The lowest BCUT2D eigenvalue weighted by Crippen LogP contribution is -2.48. The standard InChI is InChI=1S/C19H18BrN3O4/c20-16-7-6-15(27-16)18(25)21-10-8-13(9-11-21)22-12-17(24)23(19(22)26)14-4-2-1-3-5-14/h1-7,13H,8-12H2. The molecule has 2 fully saturated rings. The Morgan fingerprint density at radius 3 is 2.37 bits per heavy atom. The van der Waals surface area contributed by atoms with Crippen LogP contribution in [0.5, 0.6) is 0 Å². The molecule has 0 aliphatic carbocycles. The van der Waals surface area contributed by atoms with E-state index in [1.807, 2.05) is 6.07 Å². The molecule has 0 atom stereocenters. The zero-order chi connectivity index (χ0) is 19.0. The zero-order valence-electron chi connectivity index (χ0n) is 14.5. The summed E-state index contributed by atoms with van der Waals surface area (Å²) in [6.07, 6.45) is 1.27. The van der Waals surface area contributed by atoms with Crippen molar-refractivity contribution in [3.63, 3.8) is 0 Å². The second kappa shape index (κ2) is 7.19. The first-order valence-electron chi connectivity index (χ1n) is 8.78. The number of halogens is 1. The summed E-state index contributed by atoms with van der Waals surface area (Å²) in [4.78, 5) is 42.2. The fraction of sp³-hybridized carbons (Fsp3) is 0.316. The molecule has 8 heteroatoms. The normalized spacial score (nSPS) is 18.5. The summed E-state index contributed by atoms with van der Waals surface area (Å²) in [6.45, 7) is 1.12. The minimum absolute atomic E-state index is 0.0532. The first-order valence-corrected chi connectivity index (χ1v) is 9.57. The zero-order valence-corrected chi connectivity index (χ0v) is 16.1. The van der Waals surface area contributed by atoms with E-state index in [4.69, 9.17) is 4.42 Å². The van der Waals surface area contributed by atoms with E-state index in [9.17, 15) is 14.4 Å². The SMILES string of the molecule is O=C(c1ccc(Br)o1)N1CCC(N2CC(=O)N(c3ccccc3)C2=O)CC1. The average molecular weight is 432 g/mol. The van der Waals surface area contributed by atoms with Gasteiger partial charge in [-0.1, -0.05) is 18.2 Å². The fourth-order valence-electron chi connectivity index (χ4n) is 3.60. The maximum Gasteiger partial charge on any atom is 0.332 e. The van der Waals surface area contributed by atoms with Gasteiger partial charge in [-0.05, 0) is 53.0 Å². The first-order chi connectivity index (χ1) is 13.0. The van der Waals surface area contributed by atoms with E-state index >= 15 is 0 Å². The number of benzene rings is 1. The van der Waals surface area contributed by atoms with Crippen molar-refractivity contribution in [2.75, 3.05) is 24.5 Å². The van der Waals surface area contributed by atoms with E-state index < -0.39 is 0 Å². The second-order valence-corrected chi connectivity index (χ2v) is 7.38. The molecule has 0 N–H and O–H groups in total. The molecule has 1 aromatic carbocycles. The third-order valence-electron chi connectivity index (χ3n) is 4.98. The minimum atomic E-state index is -0.286. The van der Waals surface area contributed by atoms with Gasteiger partial charge in [-0.15, -0.1) is 0 Å². The van der Waals surface area contributed by atoms with Gasteiger partial charge in [0.15, 0.2) is 10.4 Å². The van der Waals surface area contributed by atoms with Crippen LogP contribution in [0.1, 0.15) is 23.4 Å². The molecule has 1 aromatic heterocycles. The molecule has 0 spiro atoms. The summed E-state index contributed by atoms with van der Waals surface area (Å²) >= 11 is 3.20. The molecule has 140 valence electrons. The number of piperidine rings is 1. The molecular weight excluding hydrogens is 414 g/mol. The largest absolute Gasteiger partial charge is 0.444 e. The van der Waals surface area contributed by atoms with Crippen molar-refractivity contribution < 1.29 is 18.8 Å². The molecule has 0 bridgehead atoms. The van der Waals surface area contributed by atoms with Gasteiger partial charge < -0.3 is 14.2 Å². The van der Waals surface area contributed by atoms with Gasteiger partial charge in [-0.3, -0.25) is 9.59 Å². The number of imide groups is 1. The molecule has 0 saturated carbocycles. The van der Waals surface area contributed by atoms with E-state index in [1.54, 1.807) is 46.2 Å². The predicted octanol–water partition coefficient (Wildman–Crippen LogP) is 3.12. The summed E-state index contributed by atoms with van der Waals surface area (Å²) in [5.74, 6) is -0.0815. The maximum atomic E-state index is 12.8. The molecule has 2 aromatic rings. The van der Waals surface area contributed by atoms with Crippen LogP contribution in [-0.4, -0.2) is 53.3 Å². The molecule has 4 rings (SSSR count). The number of urea groups is 1. The Hall–Kier alpha value is -2.61. The fourth-order valence-corrected chi connectivity index (χ4v) is 3.91. The second-order valence-electron chi connectivity index (χ2n) is 6.60. The van der Waals surface area contributed by atoms with Gasteiger partial charge in [-0.2, -0.15) is 0 Å². The molecule has 0 unspecified atom stereocenters. The maximum absolute atomic E-state index is 12.8. The number of para-hydroxylation sites is 1. The van der Waals surface area contributed by atoms with Crippen LogP contribution in [0.2, 0.25) is 0 Å².